The molecule has 0 saturated heterocycles. The van der Waals surface area contributed by atoms with Crippen LogP contribution in [0.15, 0.2) is 35.3 Å². The minimum atomic E-state index is 0.861. The van der Waals surface area contributed by atoms with E-state index >= 15 is 0 Å². The van der Waals surface area contributed by atoms with Crippen LogP contribution in [0.25, 0.3) is 11.3 Å². The number of aliphatic imine (C=N–C) groups is 1. The number of hydrogen-bond donors (Lipinski definition) is 1. The number of benzene rings is 1. The van der Waals surface area contributed by atoms with Gasteiger partial charge in [0, 0.05) is 23.4 Å². The van der Waals surface area contributed by atoms with Gasteiger partial charge in [-0.15, -0.1) is 0 Å². The van der Waals surface area contributed by atoms with Crippen LogP contribution in [0.3, 0.4) is 0 Å². The lowest BCUT2D eigenvalue weighted by atomic mass is 9.92. The molecule has 0 bridgehead atoms. The van der Waals surface area contributed by atoms with Crippen molar-refractivity contribution >= 4 is 5.84 Å². The van der Waals surface area contributed by atoms with Gasteiger partial charge in [0.05, 0.1) is 12.2 Å². The highest BCUT2D eigenvalue weighted by Crippen LogP contribution is 2.29. The number of fused-ring (bicyclic) bond motifs is 1. The molecule has 3 nitrogen and oxygen atoms in total. The molecule has 1 aromatic carbocycles. The maximum absolute atomic E-state index is 5.04. The van der Waals surface area contributed by atoms with Crippen LogP contribution in [0.2, 0.25) is 0 Å². The summed E-state index contributed by atoms with van der Waals surface area (Å²) in [6.07, 6.45) is 4.79. The van der Waals surface area contributed by atoms with Crippen LogP contribution in [0.5, 0.6) is 0 Å². The second kappa shape index (κ2) is 5.56. The van der Waals surface area contributed by atoms with Gasteiger partial charge in [-0.3, -0.25) is 9.98 Å². The number of nitrogens with one attached hydrogen (secondary N) is 1. The molecular weight excluding hydrogens is 270 g/mol. The third-order valence-electron chi connectivity index (χ3n) is 4.56. The van der Waals surface area contributed by atoms with E-state index in [1.54, 1.807) is 0 Å². The van der Waals surface area contributed by atoms with E-state index in [9.17, 15) is 0 Å². The smallest absolute Gasteiger partial charge is 0.130 e. The fourth-order valence-corrected chi connectivity index (χ4v) is 3.32. The summed E-state index contributed by atoms with van der Waals surface area (Å²) in [7, 11) is 0. The van der Waals surface area contributed by atoms with Gasteiger partial charge in [-0.25, -0.2) is 0 Å². The van der Waals surface area contributed by atoms with Crippen molar-refractivity contribution in [3.63, 3.8) is 0 Å². The van der Waals surface area contributed by atoms with Gasteiger partial charge < -0.3 is 5.32 Å². The molecule has 1 aliphatic carbocycles. The molecule has 0 radical (unpaired) electrons. The number of rotatable bonds is 2. The molecular formula is C19H21N3. The molecule has 0 fully saturated rings. The monoisotopic (exact) mass is 291 g/mol. The summed E-state index contributed by atoms with van der Waals surface area (Å²) in [5.41, 5.74) is 7.40. The molecule has 3 heteroatoms. The minimum absolute atomic E-state index is 0.861. The van der Waals surface area contributed by atoms with Crippen LogP contribution in [-0.4, -0.2) is 23.9 Å². The van der Waals surface area contributed by atoms with Gasteiger partial charge in [0.25, 0.3) is 0 Å². The van der Waals surface area contributed by atoms with E-state index in [0.29, 0.717) is 0 Å². The molecule has 112 valence electrons. The fourth-order valence-electron chi connectivity index (χ4n) is 3.32. The molecule has 1 aromatic heterocycles. The summed E-state index contributed by atoms with van der Waals surface area (Å²) >= 11 is 0. The maximum Gasteiger partial charge on any atom is 0.130 e. The molecule has 2 aromatic rings. The molecule has 0 spiro atoms. The highest BCUT2D eigenvalue weighted by Gasteiger charge is 2.20. The van der Waals surface area contributed by atoms with Crippen molar-refractivity contribution in [2.45, 2.75) is 32.6 Å². The summed E-state index contributed by atoms with van der Waals surface area (Å²) in [6.45, 7) is 3.91. The van der Waals surface area contributed by atoms with E-state index < -0.39 is 0 Å². The zero-order valence-corrected chi connectivity index (χ0v) is 13.0. The SMILES string of the molecule is Cc1ccc(-c2nc3c(cc2C2=NCCN2)CCCC3)cc1. The quantitative estimate of drug-likeness (QED) is 0.922. The maximum atomic E-state index is 5.04. The van der Waals surface area contributed by atoms with E-state index in [2.05, 4.69) is 47.6 Å². The van der Waals surface area contributed by atoms with Crippen molar-refractivity contribution in [1.29, 1.82) is 0 Å². The first-order valence-corrected chi connectivity index (χ1v) is 8.20. The van der Waals surface area contributed by atoms with Crippen molar-refractivity contribution in [2.75, 3.05) is 13.1 Å². The summed E-state index contributed by atoms with van der Waals surface area (Å²) in [4.78, 5) is 9.66. The lowest BCUT2D eigenvalue weighted by Crippen LogP contribution is -2.22. The Bertz CT molecular complexity index is 729. The molecule has 4 rings (SSSR count). The standard InChI is InChI=1S/C19H21N3/c1-13-6-8-14(9-7-13)18-16(19-20-10-11-21-19)12-15-4-2-3-5-17(15)22-18/h6-9,12H,2-5,10-11H2,1H3,(H,20,21). The van der Waals surface area contributed by atoms with Crippen molar-refractivity contribution < 1.29 is 0 Å². The lowest BCUT2D eigenvalue weighted by molar-refractivity contribution is 0.668. The molecule has 0 atom stereocenters. The van der Waals surface area contributed by atoms with Crippen molar-refractivity contribution in [2.24, 2.45) is 4.99 Å². The summed E-state index contributed by atoms with van der Waals surface area (Å²) in [5, 5.41) is 3.41. The molecule has 2 heterocycles. The van der Waals surface area contributed by atoms with Crippen molar-refractivity contribution in [3.05, 3.63) is 52.7 Å². The highest BCUT2D eigenvalue weighted by atomic mass is 15.1. The Hall–Kier alpha value is -2.16. The number of aromatic nitrogens is 1. The topological polar surface area (TPSA) is 37.3 Å². The van der Waals surface area contributed by atoms with Gasteiger partial charge in [0.15, 0.2) is 0 Å². The van der Waals surface area contributed by atoms with Gasteiger partial charge in [-0.05, 0) is 44.2 Å². The first kappa shape index (κ1) is 13.5. The predicted molar refractivity (Wildman–Crippen MR) is 90.5 cm³/mol. The molecule has 2 aliphatic rings. The van der Waals surface area contributed by atoms with E-state index in [-0.39, 0.29) is 0 Å². The van der Waals surface area contributed by atoms with Crippen LogP contribution >= 0.6 is 0 Å². The Morgan fingerprint density at radius 1 is 1.05 bits per heavy atom. The van der Waals surface area contributed by atoms with Gasteiger partial charge >= 0.3 is 0 Å². The van der Waals surface area contributed by atoms with E-state index in [1.807, 2.05) is 0 Å². The first-order valence-electron chi connectivity index (χ1n) is 8.20. The van der Waals surface area contributed by atoms with Gasteiger partial charge in [0.1, 0.15) is 5.84 Å². The molecule has 22 heavy (non-hydrogen) atoms. The van der Waals surface area contributed by atoms with Gasteiger partial charge in [0.2, 0.25) is 0 Å². The second-order valence-electron chi connectivity index (χ2n) is 6.22. The lowest BCUT2D eigenvalue weighted by Gasteiger charge is -2.19. The number of amidine groups is 1. The number of nitrogens with zero attached hydrogens (tertiary/aromatic N) is 2. The molecule has 0 amide bonds. The zero-order valence-electron chi connectivity index (χ0n) is 13.0. The van der Waals surface area contributed by atoms with Crippen LogP contribution in [0.1, 0.15) is 35.2 Å². The average molecular weight is 291 g/mol. The highest BCUT2D eigenvalue weighted by molar-refractivity contribution is 6.04. The Morgan fingerprint density at radius 2 is 1.86 bits per heavy atom. The van der Waals surface area contributed by atoms with E-state index in [4.69, 9.17) is 4.98 Å². The fraction of sp³-hybridized carbons (Fsp3) is 0.368. The Balaban J connectivity index is 1.88. The Kier molecular flexibility index (Phi) is 3.41. The first-order chi connectivity index (χ1) is 10.8. The number of aryl methyl sites for hydroxylation is 3. The number of hydrogen-bond acceptors (Lipinski definition) is 3. The van der Waals surface area contributed by atoms with Crippen LogP contribution in [-0.2, 0) is 12.8 Å². The Morgan fingerprint density at radius 3 is 2.64 bits per heavy atom. The molecule has 0 saturated carbocycles. The second-order valence-corrected chi connectivity index (χ2v) is 6.22. The van der Waals surface area contributed by atoms with Crippen molar-refractivity contribution in [3.8, 4) is 11.3 Å². The Labute approximate surface area is 131 Å². The van der Waals surface area contributed by atoms with Gasteiger partial charge in [-0.2, -0.15) is 0 Å². The largest absolute Gasteiger partial charge is 0.368 e. The van der Waals surface area contributed by atoms with E-state index in [1.165, 1.54) is 40.8 Å². The van der Waals surface area contributed by atoms with Crippen LogP contribution in [0.4, 0.5) is 0 Å². The minimum Gasteiger partial charge on any atom is -0.368 e. The summed E-state index contributed by atoms with van der Waals surface area (Å²) < 4.78 is 0. The van der Waals surface area contributed by atoms with Crippen LogP contribution in [0, 0.1) is 6.92 Å². The third kappa shape index (κ3) is 2.41. The summed E-state index contributed by atoms with van der Waals surface area (Å²) in [6, 6.07) is 11.0. The third-order valence-corrected chi connectivity index (χ3v) is 4.56. The zero-order chi connectivity index (χ0) is 14.9. The van der Waals surface area contributed by atoms with Gasteiger partial charge in [-0.1, -0.05) is 29.8 Å². The van der Waals surface area contributed by atoms with Crippen molar-refractivity contribution in [1.82, 2.24) is 10.3 Å². The van der Waals surface area contributed by atoms with Crippen LogP contribution < -0.4 is 5.32 Å². The number of pyridine rings is 1. The molecule has 1 aliphatic heterocycles. The average Bonchev–Trinajstić information content (AvgIpc) is 3.09. The predicted octanol–water partition coefficient (Wildman–Crippen LogP) is 3.29. The normalized spacial score (nSPS) is 16.9. The summed E-state index contributed by atoms with van der Waals surface area (Å²) in [5.74, 6) is 1.01. The molecule has 0 unspecified atom stereocenters. The van der Waals surface area contributed by atoms with E-state index in [0.717, 1.165) is 37.5 Å². The molecule has 1 N–H and O–H groups in total.